The third-order valence-electron chi connectivity index (χ3n) is 4.70. The van der Waals surface area contributed by atoms with Gasteiger partial charge in [-0.1, -0.05) is 42.5 Å². The third-order valence-corrected chi connectivity index (χ3v) is 4.70. The van der Waals surface area contributed by atoms with Gasteiger partial charge in [0, 0.05) is 29.6 Å². The lowest BCUT2D eigenvalue weighted by Crippen LogP contribution is -2.36. The van der Waals surface area contributed by atoms with Crippen molar-refractivity contribution in [2.75, 3.05) is 6.54 Å². The molecule has 0 fully saturated rings. The van der Waals surface area contributed by atoms with Crippen molar-refractivity contribution in [1.29, 1.82) is 0 Å². The van der Waals surface area contributed by atoms with E-state index in [-0.39, 0.29) is 18.3 Å². The van der Waals surface area contributed by atoms with E-state index in [2.05, 4.69) is 4.98 Å². The fourth-order valence-electron chi connectivity index (χ4n) is 3.38. The van der Waals surface area contributed by atoms with Crippen molar-refractivity contribution in [2.45, 2.75) is 19.6 Å². The number of aromatic nitrogens is 1. The maximum atomic E-state index is 12.4. The molecule has 2 heterocycles. The Balaban J connectivity index is 1.54. The predicted octanol–water partition coefficient (Wildman–Crippen LogP) is 3.56. The molecular weight excluding hydrogens is 332 g/mol. The largest absolute Gasteiger partial charge is 0.478 e. The van der Waals surface area contributed by atoms with E-state index in [1.54, 1.807) is 17.0 Å². The van der Waals surface area contributed by atoms with Gasteiger partial charge in [0.05, 0.1) is 17.6 Å². The number of ether oxygens (including phenoxy) is 1. The molecule has 0 radical (unpaired) electrons. The lowest BCUT2D eigenvalue weighted by atomic mass is 10.0. The summed E-state index contributed by atoms with van der Waals surface area (Å²) in [6.07, 6.45) is 0.284. The van der Waals surface area contributed by atoms with Crippen LogP contribution in [0.25, 0.3) is 10.9 Å². The first-order valence-electron chi connectivity index (χ1n) is 8.45. The topological polar surface area (TPSA) is 82.6 Å². The van der Waals surface area contributed by atoms with Crippen LogP contribution in [-0.4, -0.2) is 33.6 Å². The number of nitrogens with one attached hydrogen (secondary N) is 1. The van der Waals surface area contributed by atoms with Crippen molar-refractivity contribution < 1.29 is 19.4 Å². The number of hydrogen-bond acceptors (Lipinski definition) is 3. The second kappa shape index (κ2) is 6.55. The number of benzene rings is 2. The maximum absolute atomic E-state index is 12.4. The quantitative estimate of drug-likeness (QED) is 0.757. The second-order valence-corrected chi connectivity index (χ2v) is 6.33. The van der Waals surface area contributed by atoms with Crippen molar-refractivity contribution in [1.82, 2.24) is 9.88 Å². The monoisotopic (exact) mass is 350 g/mol. The van der Waals surface area contributed by atoms with Gasteiger partial charge in [0.25, 0.3) is 0 Å². The van der Waals surface area contributed by atoms with Crippen molar-refractivity contribution >= 4 is 23.0 Å². The van der Waals surface area contributed by atoms with Crippen molar-refractivity contribution in [3.63, 3.8) is 0 Å². The molecule has 132 valence electrons. The third kappa shape index (κ3) is 2.90. The van der Waals surface area contributed by atoms with E-state index in [9.17, 15) is 14.7 Å². The highest BCUT2D eigenvalue weighted by Gasteiger charge is 2.26. The Kier molecular flexibility index (Phi) is 4.08. The first kappa shape index (κ1) is 16.2. The summed E-state index contributed by atoms with van der Waals surface area (Å²) < 4.78 is 5.42. The SMILES string of the molecule is O=C(O)c1cccc2c3c([nH]c12)CCN(C(=O)OCc1ccccc1)C3. The Morgan fingerprint density at radius 1 is 1.12 bits per heavy atom. The van der Waals surface area contributed by atoms with Crippen molar-refractivity contribution in [3.8, 4) is 0 Å². The zero-order valence-electron chi connectivity index (χ0n) is 14.1. The Bertz CT molecular complexity index is 978. The van der Waals surface area contributed by atoms with Crippen LogP contribution in [0.5, 0.6) is 0 Å². The highest BCUT2D eigenvalue weighted by Crippen LogP contribution is 2.30. The first-order valence-corrected chi connectivity index (χ1v) is 8.45. The molecular formula is C20H18N2O4. The second-order valence-electron chi connectivity index (χ2n) is 6.33. The number of aromatic carboxylic acids is 1. The lowest BCUT2D eigenvalue weighted by molar-refractivity contribution is 0.0698. The Hall–Kier alpha value is -3.28. The molecule has 1 aromatic heterocycles. The van der Waals surface area contributed by atoms with Crippen LogP contribution in [0.4, 0.5) is 4.79 Å². The van der Waals surface area contributed by atoms with Crippen LogP contribution >= 0.6 is 0 Å². The van der Waals surface area contributed by atoms with E-state index in [1.165, 1.54) is 0 Å². The molecule has 0 atom stereocenters. The van der Waals surface area contributed by atoms with Gasteiger partial charge in [-0.25, -0.2) is 9.59 Å². The highest BCUT2D eigenvalue weighted by atomic mass is 16.6. The number of rotatable bonds is 3. The van der Waals surface area contributed by atoms with E-state index in [1.807, 2.05) is 36.4 Å². The normalized spacial score (nSPS) is 13.5. The van der Waals surface area contributed by atoms with Gasteiger partial charge < -0.3 is 19.7 Å². The number of carboxylic acid groups (broad SMARTS) is 1. The minimum atomic E-state index is -0.965. The Morgan fingerprint density at radius 2 is 1.92 bits per heavy atom. The number of carbonyl (C=O) groups excluding carboxylic acids is 1. The number of hydrogen-bond donors (Lipinski definition) is 2. The van der Waals surface area contributed by atoms with E-state index in [4.69, 9.17) is 4.74 Å². The van der Waals surface area contributed by atoms with E-state index >= 15 is 0 Å². The molecule has 0 bridgehead atoms. The van der Waals surface area contributed by atoms with Crippen LogP contribution in [0.1, 0.15) is 27.2 Å². The van der Waals surface area contributed by atoms with E-state index < -0.39 is 5.97 Å². The number of carbonyl (C=O) groups is 2. The summed E-state index contributed by atoms with van der Waals surface area (Å²) in [7, 11) is 0. The molecule has 1 amide bonds. The molecule has 0 spiro atoms. The van der Waals surface area contributed by atoms with Gasteiger partial charge in [-0.05, 0) is 11.6 Å². The number of amides is 1. The molecule has 0 saturated heterocycles. The molecule has 0 saturated carbocycles. The molecule has 26 heavy (non-hydrogen) atoms. The molecule has 1 aliphatic heterocycles. The van der Waals surface area contributed by atoms with Gasteiger partial charge in [-0.15, -0.1) is 0 Å². The molecule has 0 aliphatic carbocycles. The van der Waals surface area contributed by atoms with Gasteiger partial charge in [-0.3, -0.25) is 0 Å². The number of H-pyrrole nitrogens is 1. The van der Waals surface area contributed by atoms with Crippen LogP contribution in [0, 0.1) is 0 Å². The van der Waals surface area contributed by atoms with Crippen LogP contribution in [0.15, 0.2) is 48.5 Å². The summed E-state index contributed by atoms with van der Waals surface area (Å²) in [5, 5.41) is 10.2. The van der Waals surface area contributed by atoms with Gasteiger partial charge in [0.15, 0.2) is 0 Å². The zero-order chi connectivity index (χ0) is 18.1. The van der Waals surface area contributed by atoms with E-state index in [0.717, 1.165) is 22.2 Å². The first-order chi connectivity index (χ1) is 12.6. The summed E-state index contributed by atoms with van der Waals surface area (Å²) in [6.45, 7) is 1.18. The summed E-state index contributed by atoms with van der Waals surface area (Å²) in [6, 6.07) is 14.7. The zero-order valence-corrected chi connectivity index (χ0v) is 14.1. The van der Waals surface area contributed by atoms with Gasteiger partial charge >= 0.3 is 12.1 Å². The van der Waals surface area contributed by atoms with Gasteiger partial charge in [0.2, 0.25) is 0 Å². The standard InChI is InChI=1S/C20H18N2O4/c23-19(24)15-8-4-7-14-16-11-22(10-9-17(16)21-18(14)15)20(25)26-12-13-5-2-1-3-6-13/h1-8,21H,9-12H2,(H,23,24). The lowest BCUT2D eigenvalue weighted by Gasteiger charge is -2.26. The fraction of sp³-hybridized carbons (Fsp3) is 0.200. The van der Waals surface area contributed by atoms with Crippen LogP contribution in [-0.2, 0) is 24.3 Å². The highest BCUT2D eigenvalue weighted by molar-refractivity contribution is 6.03. The predicted molar refractivity (Wildman–Crippen MR) is 96.0 cm³/mol. The van der Waals surface area contributed by atoms with Gasteiger partial charge in [-0.2, -0.15) is 0 Å². The van der Waals surface area contributed by atoms with Crippen LogP contribution in [0.2, 0.25) is 0 Å². The average molecular weight is 350 g/mol. The Morgan fingerprint density at radius 3 is 2.69 bits per heavy atom. The molecule has 4 rings (SSSR count). The molecule has 2 aromatic carbocycles. The molecule has 6 heteroatoms. The molecule has 6 nitrogen and oxygen atoms in total. The molecule has 2 N–H and O–H groups in total. The molecule has 3 aromatic rings. The van der Waals surface area contributed by atoms with Crippen LogP contribution < -0.4 is 0 Å². The molecule has 0 unspecified atom stereocenters. The van der Waals surface area contributed by atoms with Gasteiger partial charge in [0.1, 0.15) is 6.61 Å². The average Bonchev–Trinajstić information content (AvgIpc) is 3.04. The van der Waals surface area contributed by atoms with Crippen LogP contribution in [0.3, 0.4) is 0 Å². The minimum absolute atomic E-state index is 0.236. The maximum Gasteiger partial charge on any atom is 0.410 e. The Labute approximate surface area is 150 Å². The van der Waals surface area contributed by atoms with Crippen molar-refractivity contribution in [2.24, 2.45) is 0 Å². The van der Waals surface area contributed by atoms with E-state index in [0.29, 0.717) is 25.0 Å². The summed E-state index contributed by atoms with van der Waals surface area (Å²) in [5.41, 5.74) is 3.75. The summed E-state index contributed by atoms with van der Waals surface area (Å²) >= 11 is 0. The number of aromatic amines is 1. The fourth-order valence-corrected chi connectivity index (χ4v) is 3.38. The summed E-state index contributed by atoms with van der Waals surface area (Å²) in [5.74, 6) is -0.965. The minimum Gasteiger partial charge on any atom is -0.478 e. The van der Waals surface area contributed by atoms with Crippen molar-refractivity contribution in [3.05, 3.63) is 70.9 Å². The molecule has 1 aliphatic rings. The number of para-hydroxylation sites is 1. The summed E-state index contributed by atoms with van der Waals surface area (Å²) in [4.78, 5) is 28.7. The number of nitrogens with zero attached hydrogens (tertiary/aromatic N) is 1. The number of carboxylic acids is 1. The number of fused-ring (bicyclic) bond motifs is 3. The smallest absolute Gasteiger partial charge is 0.410 e.